The zero-order valence-electron chi connectivity index (χ0n) is 12.2. The minimum absolute atomic E-state index is 0.0849. The van der Waals surface area contributed by atoms with Crippen molar-refractivity contribution in [3.8, 4) is 0 Å². The van der Waals surface area contributed by atoms with E-state index in [9.17, 15) is 4.79 Å². The van der Waals surface area contributed by atoms with Crippen LogP contribution in [0.2, 0.25) is 5.02 Å². The van der Waals surface area contributed by atoms with Crippen molar-refractivity contribution in [3.05, 3.63) is 23.1 Å². The van der Waals surface area contributed by atoms with Crippen molar-refractivity contribution in [2.45, 2.75) is 32.7 Å². The highest BCUT2D eigenvalue weighted by Crippen LogP contribution is 2.24. The maximum absolute atomic E-state index is 12.0. The molecule has 0 aromatic carbocycles. The molecule has 2 rings (SSSR count). The monoisotopic (exact) mass is 328 g/mol. The molecule has 0 saturated carbocycles. The molecule has 1 amide bonds. The molecule has 2 aromatic rings. The first-order chi connectivity index (χ1) is 9.88. The normalized spacial score (nSPS) is 12.9. The summed E-state index contributed by atoms with van der Waals surface area (Å²) in [6, 6.07) is 1.72. The summed E-state index contributed by atoms with van der Waals surface area (Å²) < 4.78 is 1.74. The molecule has 2 aromatic heterocycles. The van der Waals surface area contributed by atoms with Crippen molar-refractivity contribution in [3.63, 3.8) is 0 Å². The van der Waals surface area contributed by atoms with E-state index in [2.05, 4.69) is 15.3 Å². The quantitative estimate of drug-likeness (QED) is 0.857. The number of alkyl halides is 1. The molecule has 7 heteroatoms. The average molecular weight is 329 g/mol. The highest BCUT2D eigenvalue weighted by molar-refractivity contribution is 6.31. The summed E-state index contributed by atoms with van der Waals surface area (Å²) in [6.07, 6.45) is 1.54. The summed E-state index contributed by atoms with van der Waals surface area (Å²) in [7, 11) is 0. The minimum atomic E-state index is -0.323. The molecule has 1 unspecified atom stereocenters. The summed E-state index contributed by atoms with van der Waals surface area (Å²) in [6.45, 7) is 6.68. The smallest absolute Gasteiger partial charge is 0.240 e. The van der Waals surface area contributed by atoms with Gasteiger partial charge >= 0.3 is 0 Å². The Morgan fingerprint density at radius 1 is 1.43 bits per heavy atom. The number of rotatable bonds is 5. The van der Waals surface area contributed by atoms with Gasteiger partial charge in [0.2, 0.25) is 5.91 Å². The first-order valence-corrected chi connectivity index (χ1v) is 7.62. The lowest BCUT2D eigenvalue weighted by Gasteiger charge is -2.11. The fraction of sp³-hybridized carbons (Fsp3) is 0.500. The van der Waals surface area contributed by atoms with Crippen LogP contribution in [0.3, 0.4) is 0 Å². The predicted octanol–water partition coefficient (Wildman–Crippen LogP) is 3.16. The number of nitrogens with zero attached hydrogens (tertiary/aromatic N) is 3. The first kappa shape index (κ1) is 16.0. The summed E-state index contributed by atoms with van der Waals surface area (Å²) in [5, 5.41) is 3.06. The number of carbonyl (C=O) groups is 1. The standard InChI is InChI=1S/C14H18Cl2N4O/c1-8(2)5-17-12(21)7-20-13(9(3)15)19-11-4-10(16)6-18-14(11)20/h4,6,8-9H,5,7H2,1-3H3,(H,17,21). The summed E-state index contributed by atoms with van der Waals surface area (Å²) in [5.74, 6) is 0.927. The molecule has 21 heavy (non-hydrogen) atoms. The van der Waals surface area contributed by atoms with Crippen LogP contribution >= 0.6 is 23.2 Å². The number of pyridine rings is 1. The first-order valence-electron chi connectivity index (χ1n) is 6.81. The number of imidazole rings is 1. The van der Waals surface area contributed by atoms with Gasteiger partial charge in [0.25, 0.3) is 0 Å². The van der Waals surface area contributed by atoms with E-state index >= 15 is 0 Å². The molecular formula is C14H18Cl2N4O. The summed E-state index contributed by atoms with van der Waals surface area (Å²) in [5.41, 5.74) is 1.25. The second kappa shape index (κ2) is 6.62. The largest absolute Gasteiger partial charge is 0.354 e. The van der Waals surface area contributed by atoms with Crippen molar-refractivity contribution in [1.82, 2.24) is 19.9 Å². The van der Waals surface area contributed by atoms with Gasteiger partial charge in [0, 0.05) is 12.7 Å². The molecule has 0 bridgehead atoms. The Bertz CT molecular complexity index is 652. The van der Waals surface area contributed by atoms with Crippen LogP contribution in [0.4, 0.5) is 0 Å². The van der Waals surface area contributed by atoms with Gasteiger partial charge in [0.1, 0.15) is 17.9 Å². The number of halogens is 2. The number of hydrogen-bond acceptors (Lipinski definition) is 3. The van der Waals surface area contributed by atoms with Gasteiger partial charge in [-0.05, 0) is 18.9 Å². The van der Waals surface area contributed by atoms with E-state index in [-0.39, 0.29) is 17.8 Å². The van der Waals surface area contributed by atoms with Crippen molar-refractivity contribution in [1.29, 1.82) is 0 Å². The Labute approximate surface area is 133 Å². The van der Waals surface area contributed by atoms with E-state index in [1.54, 1.807) is 10.6 Å². The van der Waals surface area contributed by atoms with E-state index in [0.717, 1.165) is 0 Å². The Morgan fingerprint density at radius 3 is 2.76 bits per heavy atom. The summed E-state index contributed by atoms with van der Waals surface area (Å²) >= 11 is 12.1. The van der Waals surface area contributed by atoms with Crippen LogP contribution in [0.15, 0.2) is 12.3 Å². The van der Waals surface area contributed by atoms with Crippen LogP contribution in [0.25, 0.3) is 11.2 Å². The molecule has 0 radical (unpaired) electrons. The van der Waals surface area contributed by atoms with Crippen molar-refractivity contribution >= 4 is 40.3 Å². The third-order valence-electron chi connectivity index (χ3n) is 2.95. The number of nitrogens with one attached hydrogen (secondary N) is 1. The molecule has 0 aliphatic heterocycles. The molecule has 1 atom stereocenters. The third kappa shape index (κ3) is 3.86. The lowest BCUT2D eigenvalue weighted by Crippen LogP contribution is -2.31. The molecule has 114 valence electrons. The lowest BCUT2D eigenvalue weighted by molar-refractivity contribution is -0.121. The zero-order valence-corrected chi connectivity index (χ0v) is 13.7. The maximum Gasteiger partial charge on any atom is 0.240 e. The van der Waals surface area contributed by atoms with E-state index in [0.29, 0.717) is 34.5 Å². The number of fused-ring (bicyclic) bond motifs is 1. The van der Waals surface area contributed by atoms with Crippen LogP contribution in [0, 0.1) is 5.92 Å². The van der Waals surface area contributed by atoms with E-state index in [1.807, 2.05) is 20.8 Å². The van der Waals surface area contributed by atoms with Crippen LogP contribution in [0.1, 0.15) is 32.0 Å². The molecule has 0 saturated heterocycles. The molecule has 1 N–H and O–H groups in total. The van der Waals surface area contributed by atoms with Gasteiger partial charge in [-0.2, -0.15) is 0 Å². The Balaban J connectivity index is 2.32. The van der Waals surface area contributed by atoms with Crippen molar-refractivity contribution in [2.24, 2.45) is 5.92 Å². The van der Waals surface area contributed by atoms with E-state index < -0.39 is 0 Å². The molecule has 0 aliphatic rings. The van der Waals surface area contributed by atoms with Gasteiger partial charge in [0.05, 0.1) is 10.4 Å². The SMILES string of the molecule is CC(C)CNC(=O)Cn1c(C(C)Cl)nc2cc(Cl)cnc21. The van der Waals surface area contributed by atoms with E-state index in [1.165, 1.54) is 6.20 Å². The average Bonchev–Trinajstić information content (AvgIpc) is 2.74. The van der Waals surface area contributed by atoms with Crippen molar-refractivity contribution < 1.29 is 4.79 Å². The fourth-order valence-electron chi connectivity index (χ4n) is 1.98. The topological polar surface area (TPSA) is 59.8 Å². The van der Waals surface area contributed by atoms with Gasteiger partial charge < -0.3 is 9.88 Å². The second-order valence-corrected chi connectivity index (χ2v) is 6.46. The van der Waals surface area contributed by atoms with Gasteiger partial charge in [-0.1, -0.05) is 25.4 Å². The van der Waals surface area contributed by atoms with E-state index in [4.69, 9.17) is 23.2 Å². The number of aromatic nitrogens is 3. The van der Waals surface area contributed by atoms with Gasteiger partial charge in [-0.3, -0.25) is 4.79 Å². The Morgan fingerprint density at radius 2 is 2.14 bits per heavy atom. The molecule has 0 fully saturated rings. The number of carbonyl (C=O) groups excluding carboxylic acids is 1. The van der Waals surface area contributed by atoms with Crippen molar-refractivity contribution in [2.75, 3.05) is 6.54 Å². The lowest BCUT2D eigenvalue weighted by atomic mass is 10.2. The molecule has 2 heterocycles. The van der Waals surface area contributed by atoms with Crippen LogP contribution < -0.4 is 5.32 Å². The molecule has 0 spiro atoms. The Kier molecular flexibility index (Phi) is 5.06. The van der Waals surface area contributed by atoms with Crippen LogP contribution in [0.5, 0.6) is 0 Å². The van der Waals surface area contributed by atoms with Crippen LogP contribution in [-0.4, -0.2) is 27.0 Å². The molecule has 5 nitrogen and oxygen atoms in total. The highest BCUT2D eigenvalue weighted by atomic mass is 35.5. The second-order valence-electron chi connectivity index (χ2n) is 5.37. The molecule has 0 aliphatic carbocycles. The number of hydrogen-bond donors (Lipinski definition) is 1. The molecular weight excluding hydrogens is 311 g/mol. The van der Waals surface area contributed by atoms with Gasteiger partial charge in [-0.15, -0.1) is 11.6 Å². The van der Waals surface area contributed by atoms with Crippen LogP contribution in [-0.2, 0) is 11.3 Å². The van der Waals surface area contributed by atoms with Gasteiger partial charge in [-0.25, -0.2) is 9.97 Å². The fourth-order valence-corrected chi connectivity index (χ4v) is 2.30. The van der Waals surface area contributed by atoms with Gasteiger partial charge in [0.15, 0.2) is 5.65 Å². The predicted molar refractivity (Wildman–Crippen MR) is 84.7 cm³/mol. The Hall–Kier alpha value is -1.33. The zero-order chi connectivity index (χ0) is 15.6. The maximum atomic E-state index is 12.0. The number of amides is 1. The highest BCUT2D eigenvalue weighted by Gasteiger charge is 2.18. The minimum Gasteiger partial charge on any atom is -0.354 e. The third-order valence-corrected chi connectivity index (χ3v) is 3.35. The summed E-state index contributed by atoms with van der Waals surface area (Å²) in [4.78, 5) is 20.7.